The number of aryl methyl sites for hydroxylation is 2. The predicted molar refractivity (Wildman–Crippen MR) is 130 cm³/mol. The van der Waals surface area contributed by atoms with Gasteiger partial charge in [-0.2, -0.15) is 8.42 Å². The van der Waals surface area contributed by atoms with Crippen LogP contribution in [0.15, 0.2) is 65.8 Å². The van der Waals surface area contributed by atoms with Crippen molar-refractivity contribution in [3.05, 3.63) is 82.2 Å². The first-order chi connectivity index (χ1) is 17.4. The van der Waals surface area contributed by atoms with Crippen LogP contribution in [0.4, 0.5) is 0 Å². The minimum Gasteiger partial charge on any atom is -0.375 e. The quantitative estimate of drug-likeness (QED) is 0.126. The van der Waals surface area contributed by atoms with Crippen LogP contribution >= 0.6 is 0 Å². The zero-order chi connectivity index (χ0) is 25.8. The number of azide groups is 1. The third kappa shape index (κ3) is 9.16. The molecule has 0 saturated carbocycles. The van der Waals surface area contributed by atoms with Crippen molar-refractivity contribution in [2.24, 2.45) is 5.11 Å². The normalized spacial score (nSPS) is 24.2. The topological polar surface area (TPSA) is 160 Å². The van der Waals surface area contributed by atoms with Crippen LogP contribution in [0, 0.1) is 0 Å². The van der Waals surface area contributed by atoms with Gasteiger partial charge in [0.05, 0.1) is 12.7 Å². The fraction of sp³-hybridized carbons (Fsp3) is 0.500. The first-order valence-corrected chi connectivity index (χ1v) is 13.0. The van der Waals surface area contributed by atoms with Crippen molar-refractivity contribution in [2.75, 3.05) is 19.8 Å². The summed E-state index contributed by atoms with van der Waals surface area (Å²) in [7, 11) is -4.76. The molecule has 36 heavy (non-hydrogen) atoms. The van der Waals surface area contributed by atoms with Gasteiger partial charge in [0.1, 0.15) is 18.2 Å². The molecule has 2 N–H and O–H groups in total. The van der Waals surface area contributed by atoms with Gasteiger partial charge in [0.2, 0.25) is 0 Å². The molecule has 2 aromatic rings. The van der Waals surface area contributed by atoms with Gasteiger partial charge in [0, 0.05) is 18.1 Å². The fourth-order valence-electron chi connectivity index (χ4n) is 4.05. The number of nitrogens with zero attached hydrogens (tertiary/aromatic N) is 3. The Morgan fingerprint density at radius 1 is 0.917 bits per heavy atom. The Morgan fingerprint density at radius 3 is 1.94 bits per heavy atom. The van der Waals surface area contributed by atoms with E-state index >= 15 is 0 Å². The Morgan fingerprint density at radius 2 is 1.44 bits per heavy atom. The molecule has 11 nitrogen and oxygen atoms in total. The van der Waals surface area contributed by atoms with Crippen molar-refractivity contribution in [3.8, 4) is 0 Å². The van der Waals surface area contributed by atoms with E-state index in [1.165, 1.54) is 0 Å². The molecule has 1 saturated heterocycles. The average Bonchev–Trinajstić information content (AvgIpc) is 2.86. The third-order valence-electron chi connectivity index (χ3n) is 5.73. The molecular formula is C24H31N3O8S. The summed E-state index contributed by atoms with van der Waals surface area (Å²) in [5.74, 6) is 0. The molecule has 0 amide bonds. The van der Waals surface area contributed by atoms with Crippen LogP contribution in [0.2, 0.25) is 0 Å². The lowest BCUT2D eigenvalue weighted by atomic mass is 9.97. The second-order valence-corrected chi connectivity index (χ2v) is 9.41. The Kier molecular flexibility index (Phi) is 11.1. The van der Waals surface area contributed by atoms with Crippen molar-refractivity contribution in [2.45, 2.75) is 56.3 Å². The molecule has 0 bridgehead atoms. The first kappa shape index (κ1) is 28.0. The highest BCUT2D eigenvalue weighted by molar-refractivity contribution is 7.80. The Bertz CT molecular complexity index is 1070. The molecule has 0 spiro atoms. The van der Waals surface area contributed by atoms with Gasteiger partial charge in [-0.15, -0.1) is 0 Å². The maximum absolute atomic E-state index is 11.1. The molecule has 2 aromatic carbocycles. The van der Waals surface area contributed by atoms with E-state index in [9.17, 15) is 13.5 Å². The zero-order valence-corrected chi connectivity index (χ0v) is 20.5. The average molecular weight is 522 g/mol. The Labute approximate surface area is 210 Å². The third-order valence-corrected chi connectivity index (χ3v) is 6.16. The predicted octanol–water partition coefficient (Wildman–Crippen LogP) is 3.24. The lowest BCUT2D eigenvalue weighted by Gasteiger charge is -2.43. The minimum atomic E-state index is -4.76. The Balaban J connectivity index is 1.69. The van der Waals surface area contributed by atoms with Crippen LogP contribution in [0.25, 0.3) is 10.4 Å². The summed E-state index contributed by atoms with van der Waals surface area (Å²) in [5.41, 5.74) is 11.3. The smallest absolute Gasteiger partial charge is 0.375 e. The number of benzene rings is 2. The van der Waals surface area contributed by atoms with E-state index in [2.05, 4.69) is 14.2 Å². The molecule has 0 aliphatic carbocycles. The summed E-state index contributed by atoms with van der Waals surface area (Å²) < 4.78 is 53.4. The largest absolute Gasteiger partial charge is 0.397 e. The number of aliphatic hydroxyl groups excluding tert-OH is 1. The van der Waals surface area contributed by atoms with Crippen LogP contribution in [0.3, 0.4) is 0 Å². The summed E-state index contributed by atoms with van der Waals surface area (Å²) >= 11 is 0. The Hall–Kier alpha value is -2.54. The number of hydrogen-bond donors (Lipinski definition) is 2. The second kappa shape index (κ2) is 14.3. The van der Waals surface area contributed by atoms with E-state index in [0.29, 0.717) is 12.8 Å². The van der Waals surface area contributed by atoms with Gasteiger partial charge in [-0.05, 0) is 42.3 Å². The van der Waals surface area contributed by atoms with Crippen LogP contribution in [-0.2, 0) is 41.6 Å². The zero-order valence-electron chi connectivity index (χ0n) is 19.7. The van der Waals surface area contributed by atoms with Crippen LogP contribution in [-0.4, -0.2) is 68.5 Å². The molecule has 196 valence electrons. The van der Waals surface area contributed by atoms with E-state index in [-0.39, 0.29) is 13.2 Å². The minimum absolute atomic E-state index is 0.258. The van der Waals surface area contributed by atoms with E-state index < -0.39 is 47.6 Å². The number of rotatable bonds is 14. The highest BCUT2D eigenvalue weighted by atomic mass is 32.3. The first-order valence-electron chi connectivity index (χ1n) is 11.7. The number of aliphatic hydroxyl groups is 1. The second-order valence-electron chi connectivity index (χ2n) is 8.32. The molecule has 1 aliphatic heterocycles. The van der Waals surface area contributed by atoms with E-state index in [0.717, 1.165) is 24.0 Å². The van der Waals surface area contributed by atoms with Gasteiger partial charge in [0.15, 0.2) is 6.29 Å². The molecule has 0 radical (unpaired) electrons. The fourth-order valence-corrected chi connectivity index (χ4v) is 4.36. The van der Waals surface area contributed by atoms with Gasteiger partial charge >= 0.3 is 10.4 Å². The molecule has 1 aliphatic rings. The van der Waals surface area contributed by atoms with E-state index in [4.69, 9.17) is 24.3 Å². The number of hydrogen-bond acceptors (Lipinski definition) is 8. The summed E-state index contributed by atoms with van der Waals surface area (Å²) in [6, 6.07) is 18.5. The van der Waals surface area contributed by atoms with Crippen LogP contribution in [0.5, 0.6) is 0 Å². The van der Waals surface area contributed by atoms with Crippen LogP contribution in [0.1, 0.15) is 24.0 Å². The molecular weight excluding hydrogens is 490 g/mol. The van der Waals surface area contributed by atoms with E-state index in [1.54, 1.807) is 0 Å². The summed E-state index contributed by atoms with van der Waals surface area (Å²) in [6.07, 6.45) is -1.79. The molecule has 12 heteroatoms. The maximum Gasteiger partial charge on any atom is 0.397 e. The molecule has 0 aromatic heterocycles. The molecule has 0 unspecified atom stereocenters. The highest BCUT2D eigenvalue weighted by Gasteiger charge is 2.47. The van der Waals surface area contributed by atoms with E-state index in [1.807, 2.05) is 60.7 Å². The van der Waals surface area contributed by atoms with Gasteiger partial charge in [-0.3, -0.25) is 4.55 Å². The molecule has 3 rings (SSSR count). The van der Waals surface area contributed by atoms with Crippen molar-refractivity contribution in [1.82, 2.24) is 0 Å². The lowest BCUT2D eigenvalue weighted by molar-refractivity contribution is -0.265. The molecule has 1 heterocycles. The summed E-state index contributed by atoms with van der Waals surface area (Å²) in [6.45, 7) is -0.0974. The molecule has 5 atom stereocenters. The van der Waals surface area contributed by atoms with Crippen molar-refractivity contribution in [3.63, 3.8) is 0 Å². The van der Waals surface area contributed by atoms with Crippen molar-refractivity contribution in [1.29, 1.82) is 0 Å². The van der Waals surface area contributed by atoms with Gasteiger partial charge in [0.25, 0.3) is 0 Å². The SMILES string of the molecule is [N-]=[N+]=N[C@@H]1[C@@H](OCCCc2ccccc2)[C@H](OCCCc2ccccc2)[C@@H](COS(=O)(=O)O)O[C@@H]1O. The summed E-state index contributed by atoms with van der Waals surface area (Å²) in [4.78, 5) is 2.80. The highest BCUT2D eigenvalue weighted by Crippen LogP contribution is 2.28. The standard InChI is InChI=1S/C24H31N3O8S/c25-27-26-21-23(33-16-8-14-19-11-5-2-6-12-19)22(20(35-24(21)28)17-34-36(29,30)31)32-15-7-13-18-9-3-1-4-10-18/h1-6,9-12,20-24,28H,7-8,13-17H2,(H,29,30,31)/t20-,21-,22-,23-,24+/m1/s1. The van der Waals surface area contributed by atoms with Gasteiger partial charge in [-0.25, -0.2) is 4.18 Å². The number of ether oxygens (including phenoxy) is 3. The van der Waals surface area contributed by atoms with Gasteiger partial charge < -0.3 is 19.3 Å². The van der Waals surface area contributed by atoms with Gasteiger partial charge in [-0.1, -0.05) is 65.8 Å². The molecule has 1 fully saturated rings. The van der Waals surface area contributed by atoms with Crippen LogP contribution < -0.4 is 0 Å². The summed E-state index contributed by atoms with van der Waals surface area (Å²) in [5, 5.41) is 14.1. The monoisotopic (exact) mass is 521 g/mol. The maximum atomic E-state index is 11.1. The lowest BCUT2D eigenvalue weighted by Crippen LogP contribution is -2.60. The van der Waals surface area contributed by atoms with Crippen molar-refractivity contribution >= 4 is 10.4 Å². The van der Waals surface area contributed by atoms with Crippen molar-refractivity contribution < 1.29 is 36.5 Å².